The lowest BCUT2D eigenvalue weighted by atomic mass is 9.94. The highest BCUT2D eigenvalue weighted by molar-refractivity contribution is 5.67. The zero-order valence-electron chi connectivity index (χ0n) is 17.7. The highest BCUT2D eigenvalue weighted by atomic mass is 16.6. The second-order valence-corrected chi connectivity index (χ2v) is 9.01. The average Bonchev–Trinajstić information content (AvgIpc) is 3.50. The summed E-state index contributed by atoms with van der Waals surface area (Å²) in [5.74, 6) is 8.18. The Morgan fingerprint density at radius 3 is 2.90 bits per heavy atom. The predicted molar refractivity (Wildman–Crippen MR) is 115 cm³/mol. The number of benzene rings is 1. The number of nitrogens with zero attached hydrogens (tertiary/aromatic N) is 2. The van der Waals surface area contributed by atoms with Crippen LogP contribution >= 0.6 is 0 Å². The van der Waals surface area contributed by atoms with Crippen LogP contribution in [0.4, 0.5) is 0 Å². The maximum Gasteiger partial charge on any atom is 0.351 e. The van der Waals surface area contributed by atoms with Crippen molar-refractivity contribution in [3.8, 4) is 29.0 Å². The van der Waals surface area contributed by atoms with Crippen molar-refractivity contribution in [1.82, 2.24) is 9.55 Å². The number of hydrogen-bond acceptors (Lipinski definition) is 4. The van der Waals surface area contributed by atoms with Crippen LogP contribution in [0.15, 0.2) is 29.1 Å². The zero-order chi connectivity index (χ0) is 20.7. The molecule has 2 fully saturated rings. The first kappa shape index (κ1) is 19.4. The maximum absolute atomic E-state index is 12.6. The molecule has 5 heteroatoms. The van der Waals surface area contributed by atoms with Crippen molar-refractivity contribution < 1.29 is 9.47 Å². The number of hydrogen-bond donors (Lipinski definition) is 0. The molecule has 0 bridgehead atoms. The molecule has 30 heavy (non-hydrogen) atoms. The van der Waals surface area contributed by atoms with E-state index >= 15 is 0 Å². The van der Waals surface area contributed by atoms with Gasteiger partial charge < -0.3 is 9.47 Å². The molecule has 2 aromatic rings. The van der Waals surface area contributed by atoms with Crippen LogP contribution in [0.1, 0.15) is 44.2 Å². The van der Waals surface area contributed by atoms with Gasteiger partial charge in [-0.1, -0.05) is 43.9 Å². The molecule has 2 aliphatic heterocycles. The first-order valence-electron chi connectivity index (χ1n) is 11.1. The Morgan fingerprint density at radius 1 is 1.30 bits per heavy atom. The van der Waals surface area contributed by atoms with Gasteiger partial charge in [0.05, 0.1) is 17.9 Å². The fourth-order valence-corrected chi connectivity index (χ4v) is 4.18. The van der Waals surface area contributed by atoms with E-state index in [-0.39, 0.29) is 11.8 Å². The van der Waals surface area contributed by atoms with Gasteiger partial charge in [0.15, 0.2) is 0 Å². The summed E-state index contributed by atoms with van der Waals surface area (Å²) in [6.45, 7) is 5.41. The van der Waals surface area contributed by atoms with Crippen LogP contribution in [0.25, 0.3) is 11.3 Å². The Morgan fingerprint density at radius 2 is 2.13 bits per heavy atom. The minimum atomic E-state index is -0.248. The standard InChI is InChI=1S/C25H28N2O3/c1-16(2)23-13-20(30-23)15-29-24-14-22-21-9-8-18(5-3-4-17-6-7-17)12-19(21)10-11-27(22)25(28)26-24/h8-9,12,14,16-17,20,23H,5-7,10-11,13,15H2,1-2H3. The molecule has 2 atom stereocenters. The molecule has 156 valence electrons. The lowest BCUT2D eigenvalue weighted by Crippen LogP contribution is -2.44. The molecule has 1 aromatic heterocycles. The number of ether oxygens (including phenoxy) is 2. The molecule has 0 spiro atoms. The Kier molecular flexibility index (Phi) is 5.12. The molecule has 1 saturated carbocycles. The highest BCUT2D eigenvalue weighted by Gasteiger charge is 2.32. The minimum absolute atomic E-state index is 0.0876. The lowest BCUT2D eigenvalue weighted by molar-refractivity contribution is -0.156. The van der Waals surface area contributed by atoms with Crippen molar-refractivity contribution in [3.63, 3.8) is 0 Å². The van der Waals surface area contributed by atoms with E-state index in [4.69, 9.17) is 9.47 Å². The van der Waals surface area contributed by atoms with Crippen LogP contribution in [-0.4, -0.2) is 28.4 Å². The van der Waals surface area contributed by atoms with Gasteiger partial charge in [-0.3, -0.25) is 4.57 Å². The van der Waals surface area contributed by atoms with Crippen molar-refractivity contribution in [3.05, 3.63) is 45.9 Å². The maximum atomic E-state index is 12.6. The first-order chi connectivity index (χ1) is 14.6. The van der Waals surface area contributed by atoms with E-state index in [1.807, 2.05) is 6.07 Å². The molecule has 3 aliphatic rings. The zero-order valence-corrected chi connectivity index (χ0v) is 17.7. The van der Waals surface area contributed by atoms with E-state index in [2.05, 4.69) is 48.9 Å². The summed E-state index contributed by atoms with van der Waals surface area (Å²) in [5.41, 5.74) is 4.23. The normalized spacial score (nSPS) is 21.8. The smallest absolute Gasteiger partial charge is 0.351 e. The van der Waals surface area contributed by atoms with Crippen molar-refractivity contribution in [1.29, 1.82) is 0 Å². The summed E-state index contributed by atoms with van der Waals surface area (Å²) in [7, 11) is 0. The van der Waals surface area contributed by atoms with Gasteiger partial charge in [0, 0.05) is 36.9 Å². The summed E-state index contributed by atoms with van der Waals surface area (Å²) in [6.07, 6.45) is 5.54. The van der Waals surface area contributed by atoms with Crippen molar-refractivity contribution in [2.24, 2.45) is 11.8 Å². The second-order valence-electron chi connectivity index (χ2n) is 9.01. The van der Waals surface area contributed by atoms with Crippen LogP contribution in [0.3, 0.4) is 0 Å². The van der Waals surface area contributed by atoms with Crippen molar-refractivity contribution >= 4 is 0 Å². The summed E-state index contributed by atoms with van der Waals surface area (Å²) in [5, 5.41) is 0. The van der Waals surface area contributed by atoms with Gasteiger partial charge in [-0.15, -0.1) is 0 Å². The van der Waals surface area contributed by atoms with E-state index in [9.17, 15) is 4.79 Å². The molecule has 0 amide bonds. The third-order valence-corrected chi connectivity index (χ3v) is 6.24. The van der Waals surface area contributed by atoms with Gasteiger partial charge in [-0.2, -0.15) is 4.98 Å². The van der Waals surface area contributed by atoms with Gasteiger partial charge in [-0.05, 0) is 36.3 Å². The Labute approximate surface area is 177 Å². The third-order valence-electron chi connectivity index (χ3n) is 6.24. The van der Waals surface area contributed by atoms with Gasteiger partial charge in [0.25, 0.3) is 0 Å². The highest BCUT2D eigenvalue weighted by Crippen LogP contribution is 2.32. The Bertz CT molecular complexity index is 1070. The molecule has 5 nitrogen and oxygen atoms in total. The van der Waals surface area contributed by atoms with Crippen LogP contribution in [0.2, 0.25) is 0 Å². The first-order valence-corrected chi connectivity index (χ1v) is 11.1. The van der Waals surface area contributed by atoms with Gasteiger partial charge in [0.1, 0.15) is 6.61 Å². The van der Waals surface area contributed by atoms with E-state index in [0.29, 0.717) is 37.0 Å². The molecule has 2 unspecified atom stereocenters. The number of rotatable bonds is 5. The van der Waals surface area contributed by atoms with Gasteiger partial charge in [-0.25, -0.2) is 4.79 Å². The van der Waals surface area contributed by atoms with Gasteiger partial charge in [0.2, 0.25) is 5.88 Å². The predicted octanol–water partition coefficient (Wildman–Crippen LogP) is 3.61. The molecule has 5 rings (SSSR count). The molecular weight excluding hydrogens is 376 g/mol. The number of aromatic nitrogens is 2. The lowest BCUT2D eigenvalue weighted by Gasteiger charge is -2.38. The molecular formula is C25H28N2O3. The fourth-order valence-electron chi connectivity index (χ4n) is 4.18. The van der Waals surface area contributed by atoms with E-state index in [0.717, 1.165) is 30.5 Å². The minimum Gasteiger partial charge on any atom is -0.475 e. The molecule has 1 saturated heterocycles. The summed E-state index contributed by atoms with van der Waals surface area (Å²) >= 11 is 0. The molecule has 1 aromatic carbocycles. The van der Waals surface area contributed by atoms with Crippen molar-refractivity contribution in [2.45, 2.75) is 64.7 Å². The molecule has 0 N–H and O–H groups in total. The molecule has 1 aliphatic carbocycles. The Hall–Kier alpha value is -2.58. The van der Waals surface area contributed by atoms with Crippen LogP contribution in [0, 0.1) is 23.7 Å². The fraction of sp³-hybridized carbons (Fsp3) is 0.520. The van der Waals surface area contributed by atoms with Crippen molar-refractivity contribution in [2.75, 3.05) is 6.61 Å². The monoisotopic (exact) mass is 404 g/mol. The van der Waals surface area contributed by atoms with Gasteiger partial charge >= 0.3 is 5.69 Å². The van der Waals surface area contributed by atoms with E-state index in [1.165, 1.54) is 24.0 Å². The largest absolute Gasteiger partial charge is 0.475 e. The molecule has 0 radical (unpaired) electrons. The second kappa shape index (κ2) is 7.92. The average molecular weight is 405 g/mol. The summed E-state index contributed by atoms with van der Waals surface area (Å²) in [4.78, 5) is 16.7. The summed E-state index contributed by atoms with van der Waals surface area (Å²) < 4.78 is 13.4. The SMILES string of the molecule is CC(C)C1CC(COc2cc3n(c(=O)n2)CCc2cc(CC#CC4CC4)ccc2-3)O1. The van der Waals surface area contributed by atoms with E-state index in [1.54, 1.807) is 4.57 Å². The number of aryl methyl sites for hydroxylation is 1. The topological polar surface area (TPSA) is 53.4 Å². The van der Waals surface area contributed by atoms with Crippen LogP contribution in [0.5, 0.6) is 5.88 Å². The quantitative estimate of drug-likeness (QED) is 0.715. The Balaban J connectivity index is 1.32. The van der Waals surface area contributed by atoms with E-state index < -0.39 is 0 Å². The van der Waals surface area contributed by atoms with Crippen LogP contribution in [-0.2, 0) is 24.1 Å². The summed E-state index contributed by atoms with van der Waals surface area (Å²) in [6, 6.07) is 8.36. The third kappa shape index (κ3) is 4.02. The molecule has 3 heterocycles. The number of fused-ring (bicyclic) bond motifs is 3. The van der Waals surface area contributed by atoms with Crippen LogP contribution < -0.4 is 10.4 Å².